The van der Waals surface area contributed by atoms with Crippen LogP contribution < -0.4 is 10.6 Å². The number of rotatable bonds is 5. The molecule has 0 bridgehead atoms. The molecule has 2 amide bonds. The Morgan fingerprint density at radius 3 is 2.45 bits per heavy atom. The molecule has 0 saturated carbocycles. The Hall–Kier alpha value is -3.93. The van der Waals surface area contributed by atoms with Gasteiger partial charge in [0, 0.05) is 30.3 Å². The fraction of sp³-hybridized carbons (Fsp3) is 0.0870. The number of amides is 2. The Bertz CT molecular complexity index is 1170. The maximum Gasteiger partial charge on any atom is 0.251 e. The first kappa shape index (κ1) is 18.4. The van der Waals surface area contributed by atoms with Crippen LogP contribution in [0.25, 0.3) is 22.2 Å². The number of benzene rings is 3. The topological polar surface area (TPSA) is 84.2 Å². The molecule has 144 valence electrons. The van der Waals surface area contributed by atoms with Gasteiger partial charge in [-0.2, -0.15) is 0 Å². The minimum atomic E-state index is -0.182. The molecule has 6 heteroatoms. The van der Waals surface area contributed by atoms with Gasteiger partial charge in [0.25, 0.3) is 5.91 Å². The van der Waals surface area contributed by atoms with Gasteiger partial charge in [-0.25, -0.2) is 0 Å². The monoisotopic (exact) mass is 385 g/mol. The minimum Gasteiger partial charge on any atom is -0.355 e. The van der Waals surface area contributed by atoms with Crippen molar-refractivity contribution in [3.63, 3.8) is 0 Å². The van der Waals surface area contributed by atoms with Gasteiger partial charge in [-0.05, 0) is 35.9 Å². The van der Waals surface area contributed by atoms with E-state index >= 15 is 0 Å². The molecule has 3 aromatic carbocycles. The van der Waals surface area contributed by atoms with Crippen molar-refractivity contribution in [1.29, 1.82) is 0 Å². The van der Waals surface area contributed by atoms with Crippen LogP contribution in [-0.4, -0.2) is 17.0 Å². The summed E-state index contributed by atoms with van der Waals surface area (Å²) in [5, 5.41) is 10.5. The van der Waals surface area contributed by atoms with Crippen LogP contribution >= 0.6 is 0 Å². The molecule has 2 N–H and O–H groups in total. The molecule has 0 fully saturated rings. The molecular formula is C23H19N3O3. The average molecular weight is 385 g/mol. The Morgan fingerprint density at radius 2 is 1.72 bits per heavy atom. The van der Waals surface area contributed by atoms with E-state index in [4.69, 9.17) is 4.52 Å². The molecule has 0 aliphatic rings. The van der Waals surface area contributed by atoms with Crippen LogP contribution in [0.1, 0.15) is 22.8 Å². The fourth-order valence-corrected chi connectivity index (χ4v) is 3.07. The Labute approximate surface area is 167 Å². The zero-order valence-electron chi connectivity index (χ0n) is 15.8. The standard InChI is InChI=1S/C23H19N3O3/c1-15(27)25-19-10-7-16(8-11-19)14-24-23(28)18-9-12-21-20(13-18)22(29-26-21)17-5-3-2-4-6-17/h2-13H,14H2,1H3,(H,24,28)(H,25,27). The lowest BCUT2D eigenvalue weighted by molar-refractivity contribution is -0.114. The summed E-state index contributed by atoms with van der Waals surface area (Å²) >= 11 is 0. The van der Waals surface area contributed by atoms with Gasteiger partial charge in [0.1, 0.15) is 5.52 Å². The summed E-state index contributed by atoms with van der Waals surface area (Å²) in [7, 11) is 0. The summed E-state index contributed by atoms with van der Waals surface area (Å²) in [6.45, 7) is 1.84. The van der Waals surface area contributed by atoms with E-state index in [-0.39, 0.29) is 11.8 Å². The molecule has 0 aliphatic carbocycles. The fourth-order valence-electron chi connectivity index (χ4n) is 3.07. The van der Waals surface area contributed by atoms with Crippen LogP contribution in [-0.2, 0) is 11.3 Å². The smallest absolute Gasteiger partial charge is 0.251 e. The zero-order chi connectivity index (χ0) is 20.2. The first-order valence-corrected chi connectivity index (χ1v) is 9.20. The van der Waals surface area contributed by atoms with Crippen molar-refractivity contribution in [2.45, 2.75) is 13.5 Å². The number of carbonyl (C=O) groups is 2. The largest absolute Gasteiger partial charge is 0.355 e. The highest BCUT2D eigenvalue weighted by molar-refractivity contribution is 6.01. The highest BCUT2D eigenvalue weighted by Crippen LogP contribution is 2.29. The highest BCUT2D eigenvalue weighted by Gasteiger charge is 2.14. The second kappa shape index (κ2) is 7.98. The maximum absolute atomic E-state index is 12.6. The van der Waals surface area contributed by atoms with Crippen molar-refractivity contribution in [3.8, 4) is 11.3 Å². The minimum absolute atomic E-state index is 0.120. The summed E-state index contributed by atoms with van der Waals surface area (Å²) in [4.78, 5) is 23.7. The number of fused-ring (bicyclic) bond motifs is 1. The lowest BCUT2D eigenvalue weighted by Crippen LogP contribution is -2.22. The first-order chi connectivity index (χ1) is 14.1. The van der Waals surface area contributed by atoms with Crippen molar-refractivity contribution in [1.82, 2.24) is 10.5 Å². The Morgan fingerprint density at radius 1 is 0.966 bits per heavy atom. The molecule has 0 spiro atoms. The van der Waals surface area contributed by atoms with Gasteiger partial charge in [0.05, 0.1) is 5.39 Å². The second-order valence-corrected chi connectivity index (χ2v) is 6.67. The quantitative estimate of drug-likeness (QED) is 0.534. The lowest BCUT2D eigenvalue weighted by atomic mass is 10.1. The van der Waals surface area contributed by atoms with Gasteiger partial charge < -0.3 is 15.2 Å². The van der Waals surface area contributed by atoms with E-state index in [9.17, 15) is 9.59 Å². The van der Waals surface area contributed by atoms with Crippen molar-refractivity contribution in [2.24, 2.45) is 0 Å². The summed E-state index contributed by atoms with van der Waals surface area (Å²) in [6.07, 6.45) is 0. The van der Waals surface area contributed by atoms with Gasteiger partial charge in [-0.3, -0.25) is 9.59 Å². The maximum atomic E-state index is 12.6. The number of hydrogen-bond acceptors (Lipinski definition) is 4. The lowest BCUT2D eigenvalue weighted by Gasteiger charge is -2.07. The molecule has 0 aliphatic heterocycles. The molecule has 6 nitrogen and oxygen atoms in total. The number of nitrogens with one attached hydrogen (secondary N) is 2. The third-order valence-corrected chi connectivity index (χ3v) is 4.50. The summed E-state index contributed by atoms with van der Waals surface area (Å²) in [5.41, 5.74) is 3.80. The van der Waals surface area contributed by atoms with Crippen molar-refractivity contribution < 1.29 is 14.1 Å². The van der Waals surface area contributed by atoms with Gasteiger partial charge >= 0.3 is 0 Å². The predicted molar refractivity (Wildman–Crippen MR) is 111 cm³/mol. The molecule has 0 atom stereocenters. The van der Waals surface area contributed by atoms with Crippen LogP contribution in [0.15, 0.2) is 77.3 Å². The third-order valence-electron chi connectivity index (χ3n) is 4.50. The number of aromatic nitrogens is 1. The van der Waals surface area contributed by atoms with Gasteiger partial charge in [-0.15, -0.1) is 0 Å². The predicted octanol–water partition coefficient (Wildman–Crippen LogP) is 4.38. The molecule has 1 aromatic heterocycles. The average Bonchev–Trinajstić information content (AvgIpc) is 3.16. The number of nitrogens with zero attached hydrogens (tertiary/aromatic N) is 1. The molecule has 0 unspecified atom stereocenters. The van der Waals surface area contributed by atoms with Crippen molar-refractivity contribution in [2.75, 3.05) is 5.32 Å². The normalized spacial score (nSPS) is 10.7. The highest BCUT2D eigenvalue weighted by atomic mass is 16.5. The first-order valence-electron chi connectivity index (χ1n) is 9.20. The van der Waals surface area contributed by atoms with E-state index in [0.717, 1.165) is 22.2 Å². The van der Waals surface area contributed by atoms with Crippen molar-refractivity contribution in [3.05, 3.63) is 83.9 Å². The Balaban J connectivity index is 1.49. The SMILES string of the molecule is CC(=O)Nc1ccc(CNC(=O)c2ccc3noc(-c4ccccc4)c3c2)cc1. The molecule has 4 rings (SSSR count). The number of anilines is 1. The zero-order valence-corrected chi connectivity index (χ0v) is 15.8. The van der Waals surface area contributed by atoms with Crippen LogP contribution in [0, 0.1) is 0 Å². The number of carbonyl (C=O) groups excluding carboxylic acids is 2. The molecule has 0 radical (unpaired) electrons. The van der Waals surface area contributed by atoms with Crippen LogP contribution in [0.2, 0.25) is 0 Å². The third kappa shape index (κ3) is 4.16. The van der Waals surface area contributed by atoms with Crippen LogP contribution in [0.3, 0.4) is 0 Å². The van der Waals surface area contributed by atoms with E-state index in [1.807, 2.05) is 42.5 Å². The van der Waals surface area contributed by atoms with Gasteiger partial charge in [0.2, 0.25) is 5.91 Å². The molecule has 1 heterocycles. The summed E-state index contributed by atoms with van der Waals surface area (Å²) in [6, 6.07) is 22.3. The van der Waals surface area contributed by atoms with E-state index in [1.54, 1.807) is 30.3 Å². The van der Waals surface area contributed by atoms with E-state index in [1.165, 1.54) is 6.92 Å². The van der Waals surface area contributed by atoms with Crippen LogP contribution in [0.4, 0.5) is 5.69 Å². The van der Waals surface area contributed by atoms with E-state index in [2.05, 4.69) is 15.8 Å². The Kier molecular flexibility index (Phi) is 5.07. The molecule has 29 heavy (non-hydrogen) atoms. The van der Waals surface area contributed by atoms with Gasteiger partial charge in [-0.1, -0.05) is 47.6 Å². The number of hydrogen-bond donors (Lipinski definition) is 2. The second-order valence-electron chi connectivity index (χ2n) is 6.67. The summed E-state index contributed by atoms with van der Waals surface area (Å²) in [5.74, 6) is 0.340. The van der Waals surface area contributed by atoms with Crippen LogP contribution in [0.5, 0.6) is 0 Å². The molecule has 4 aromatic rings. The molecular weight excluding hydrogens is 366 g/mol. The van der Waals surface area contributed by atoms with Crippen molar-refractivity contribution >= 4 is 28.4 Å². The van der Waals surface area contributed by atoms with E-state index < -0.39 is 0 Å². The summed E-state index contributed by atoms with van der Waals surface area (Å²) < 4.78 is 5.49. The van der Waals surface area contributed by atoms with Gasteiger partial charge in [0.15, 0.2) is 5.76 Å². The van der Waals surface area contributed by atoms with E-state index in [0.29, 0.717) is 23.4 Å². The molecule has 0 saturated heterocycles.